The summed E-state index contributed by atoms with van der Waals surface area (Å²) >= 11 is 5.05. The van der Waals surface area contributed by atoms with Crippen molar-refractivity contribution < 1.29 is 4.74 Å². The zero-order chi connectivity index (χ0) is 13.1. The van der Waals surface area contributed by atoms with Gasteiger partial charge in [-0.25, -0.2) is 4.68 Å². The molecule has 1 saturated carbocycles. The molecule has 18 heavy (non-hydrogen) atoms. The second kappa shape index (κ2) is 5.75. The Labute approximate surface area is 113 Å². The molecule has 1 unspecified atom stereocenters. The van der Waals surface area contributed by atoms with Crippen LogP contribution < -0.4 is 5.73 Å². The SMILES string of the molecule is CCC(COC)n1nnc(C(N)=S)c1CC1CC1. The largest absolute Gasteiger partial charge is 0.388 e. The number of thiocarbonyl (C=S) groups is 1. The quantitative estimate of drug-likeness (QED) is 0.758. The topological polar surface area (TPSA) is 66.0 Å². The molecule has 1 atom stereocenters. The van der Waals surface area contributed by atoms with Crippen LogP contribution in [0.1, 0.15) is 43.6 Å². The van der Waals surface area contributed by atoms with E-state index < -0.39 is 0 Å². The van der Waals surface area contributed by atoms with Gasteiger partial charge >= 0.3 is 0 Å². The first-order chi connectivity index (χ1) is 8.67. The Kier molecular flexibility index (Phi) is 4.29. The standard InChI is InChI=1S/C12H20N4OS/c1-3-9(7-17-2)16-10(6-8-4-5-8)11(12(13)18)14-15-16/h8-9H,3-7H2,1-2H3,(H2,13,18). The summed E-state index contributed by atoms with van der Waals surface area (Å²) in [5.41, 5.74) is 7.49. The van der Waals surface area contributed by atoms with Gasteiger partial charge < -0.3 is 10.5 Å². The first kappa shape index (κ1) is 13.4. The Hall–Kier alpha value is -1.01. The molecule has 0 radical (unpaired) electrons. The molecule has 1 aromatic rings. The van der Waals surface area contributed by atoms with Crippen molar-refractivity contribution in [2.24, 2.45) is 11.7 Å². The first-order valence-electron chi connectivity index (χ1n) is 6.40. The first-order valence-corrected chi connectivity index (χ1v) is 6.81. The lowest BCUT2D eigenvalue weighted by Crippen LogP contribution is -2.20. The van der Waals surface area contributed by atoms with Crippen molar-refractivity contribution in [3.05, 3.63) is 11.4 Å². The van der Waals surface area contributed by atoms with Crippen LogP contribution in [-0.4, -0.2) is 33.7 Å². The van der Waals surface area contributed by atoms with Crippen molar-refractivity contribution in [1.82, 2.24) is 15.0 Å². The van der Waals surface area contributed by atoms with E-state index in [1.165, 1.54) is 12.8 Å². The third kappa shape index (κ3) is 2.87. The summed E-state index contributed by atoms with van der Waals surface area (Å²) in [6.07, 6.45) is 4.48. The predicted molar refractivity (Wildman–Crippen MR) is 73.5 cm³/mol. The Balaban J connectivity index is 2.29. The number of hydrogen-bond acceptors (Lipinski definition) is 4. The second-order valence-electron chi connectivity index (χ2n) is 4.86. The molecule has 0 aliphatic heterocycles. The molecule has 0 saturated heterocycles. The number of hydrogen-bond donors (Lipinski definition) is 1. The van der Waals surface area contributed by atoms with Crippen molar-refractivity contribution in [1.29, 1.82) is 0 Å². The van der Waals surface area contributed by atoms with Crippen molar-refractivity contribution in [3.63, 3.8) is 0 Å². The summed E-state index contributed by atoms with van der Waals surface area (Å²) in [6, 6.07) is 0.208. The van der Waals surface area contributed by atoms with E-state index >= 15 is 0 Å². The number of aromatic nitrogens is 3. The molecular formula is C12H20N4OS. The molecule has 0 bridgehead atoms. The summed E-state index contributed by atoms with van der Waals surface area (Å²) in [4.78, 5) is 0.337. The summed E-state index contributed by atoms with van der Waals surface area (Å²) in [5.74, 6) is 0.746. The molecule has 1 fully saturated rings. The number of ether oxygens (including phenoxy) is 1. The Morgan fingerprint density at radius 1 is 1.61 bits per heavy atom. The molecule has 0 amide bonds. The highest BCUT2D eigenvalue weighted by Gasteiger charge is 2.28. The van der Waals surface area contributed by atoms with Crippen LogP contribution in [0.15, 0.2) is 0 Å². The fourth-order valence-corrected chi connectivity index (χ4v) is 2.30. The molecule has 2 rings (SSSR count). The number of nitrogens with two attached hydrogens (primary N) is 1. The van der Waals surface area contributed by atoms with E-state index in [0.29, 0.717) is 17.3 Å². The van der Waals surface area contributed by atoms with E-state index in [9.17, 15) is 0 Å². The average molecular weight is 268 g/mol. The minimum atomic E-state index is 0.208. The maximum atomic E-state index is 5.72. The van der Waals surface area contributed by atoms with Crippen LogP contribution >= 0.6 is 12.2 Å². The molecular weight excluding hydrogens is 248 g/mol. The van der Waals surface area contributed by atoms with Gasteiger partial charge in [0.1, 0.15) is 10.7 Å². The summed E-state index contributed by atoms with van der Waals surface area (Å²) < 4.78 is 7.20. The number of methoxy groups -OCH3 is 1. The van der Waals surface area contributed by atoms with E-state index in [2.05, 4.69) is 17.2 Å². The molecule has 5 nitrogen and oxygen atoms in total. The fraction of sp³-hybridized carbons (Fsp3) is 0.750. The lowest BCUT2D eigenvalue weighted by atomic mass is 10.1. The van der Waals surface area contributed by atoms with E-state index in [-0.39, 0.29) is 6.04 Å². The van der Waals surface area contributed by atoms with Gasteiger partial charge in [0.05, 0.1) is 18.3 Å². The van der Waals surface area contributed by atoms with Gasteiger partial charge in [-0.2, -0.15) is 0 Å². The highest BCUT2D eigenvalue weighted by molar-refractivity contribution is 7.80. The van der Waals surface area contributed by atoms with E-state index in [4.69, 9.17) is 22.7 Å². The van der Waals surface area contributed by atoms with Crippen LogP contribution in [0.4, 0.5) is 0 Å². The van der Waals surface area contributed by atoms with Crippen molar-refractivity contribution >= 4 is 17.2 Å². The van der Waals surface area contributed by atoms with Gasteiger partial charge in [-0.1, -0.05) is 24.4 Å². The van der Waals surface area contributed by atoms with Crippen LogP contribution in [0.5, 0.6) is 0 Å². The Morgan fingerprint density at radius 2 is 2.33 bits per heavy atom. The summed E-state index contributed by atoms with van der Waals surface area (Å²) in [6.45, 7) is 2.75. The predicted octanol–water partition coefficient (Wildman–Crippen LogP) is 1.46. The normalized spacial score (nSPS) is 16.8. The minimum Gasteiger partial charge on any atom is -0.388 e. The van der Waals surface area contributed by atoms with E-state index in [1.807, 2.05) is 4.68 Å². The van der Waals surface area contributed by atoms with Crippen molar-refractivity contribution in [3.8, 4) is 0 Å². The van der Waals surface area contributed by atoms with Gasteiger partial charge in [0.15, 0.2) is 0 Å². The Morgan fingerprint density at radius 3 is 2.83 bits per heavy atom. The van der Waals surface area contributed by atoms with E-state index in [0.717, 1.165) is 24.5 Å². The smallest absolute Gasteiger partial charge is 0.143 e. The van der Waals surface area contributed by atoms with Crippen molar-refractivity contribution in [2.75, 3.05) is 13.7 Å². The van der Waals surface area contributed by atoms with Crippen LogP contribution in [-0.2, 0) is 11.2 Å². The number of rotatable bonds is 7. The molecule has 1 aromatic heterocycles. The zero-order valence-electron chi connectivity index (χ0n) is 10.9. The average Bonchev–Trinajstić information content (AvgIpc) is 3.05. The molecule has 100 valence electrons. The monoisotopic (exact) mass is 268 g/mol. The van der Waals surface area contributed by atoms with Gasteiger partial charge in [-0.05, 0) is 31.6 Å². The van der Waals surface area contributed by atoms with Gasteiger partial charge in [-0.15, -0.1) is 5.10 Å². The fourth-order valence-electron chi connectivity index (χ4n) is 2.14. The van der Waals surface area contributed by atoms with Crippen molar-refractivity contribution in [2.45, 2.75) is 38.6 Å². The maximum Gasteiger partial charge on any atom is 0.143 e. The maximum absolute atomic E-state index is 5.72. The zero-order valence-corrected chi connectivity index (χ0v) is 11.7. The molecule has 2 N–H and O–H groups in total. The summed E-state index contributed by atoms with van der Waals surface area (Å²) in [5, 5.41) is 8.37. The van der Waals surface area contributed by atoms with Gasteiger partial charge in [0.2, 0.25) is 0 Å². The molecule has 1 aliphatic rings. The van der Waals surface area contributed by atoms with Crippen LogP contribution in [0.3, 0.4) is 0 Å². The molecule has 1 aliphatic carbocycles. The lowest BCUT2D eigenvalue weighted by molar-refractivity contribution is 0.144. The number of nitrogens with zero attached hydrogens (tertiary/aromatic N) is 3. The van der Waals surface area contributed by atoms with Gasteiger partial charge in [0.25, 0.3) is 0 Å². The highest BCUT2D eigenvalue weighted by Crippen LogP contribution is 2.34. The van der Waals surface area contributed by atoms with Crippen LogP contribution in [0, 0.1) is 5.92 Å². The summed E-state index contributed by atoms with van der Waals surface area (Å²) in [7, 11) is 1.70. The van der Waals surface area contributed by atoms with Crippen LogP contribution in [0.25, 0.3) is 0 Å². The molecule has 0 aromatic carbocycles. The molecule has 0 spiro atoms. The van der Waals surface area contributed by atoms with E-state index in [1.54, 1.807) is 7.11 Å². The third-order valence-electron chi connectivity index (χ3n) is 3.38. The minimum absolute atomic E-state index is 0.208. The Bertz CT molecular complexity index is 428. The molecule has 6 heteroatoms. The molecule has 1 heterocycles. The highest BCUT2D eigenvalue weighted by atomic mass is 32.1. The van der Waals surface area contributed by atoms with Gasteiger partial charge in [0, 0.05) is 7.11 Å². The lowest BCUT2D eigenvalue weighted by Gasteiger charge is -2.17. The van der Waals surface area contributed by atoms with Gasteiger partial charge in [-0.3, -0.25) is 0 Å². The van der Waals surface area contributed by atoms with Crippen LogP contribution in [0.2, 0.25) is 0 Å². The third-order valence-corrected chi connectivity index (χ3v) is 3.57. The second-order valence-corrected chi connectivity index (χ2v) is 5.30.